The molecule has 2 heterocycles. The monoisotopic (exact) mass is 289 g/mol. The van der Waals surface area contributed by atoms with E-state index >= 15 is 0 Å². The van der Waals surface area contributed by atoms with Crippen molar-refractivity contribution < 1.29 is 19.2 Å². The molecule has 0 saturated heterocycles. The van der Waals surface area contributed by atoms with Crippen LogP contribution in [0.25, 0.3) is 0 Å². The summed E-state index contributed by atoms with van der Waals surface area (Å²) < 4.78 is 9.86. The first-order valence-corrected chi connectivity index (χ1v) is 5.85. The van der Waals surface area contributed by atoms with E-state index in [2.05, 4.69) is 14.7 Å². The van der Waals surface area contributed by atoms with E-state index < -0.39 is 10.9 Å². The third-order valence-corrected chi connectivity index (χ3v) is 2.53. The zero-order valence-corrected chi connectivity index (χ0v) is 11.3. The van der Waals surface area contributed by atoms with Crippen LogP contribution in [-0.2, 0) is 4.74 Å². The van der Waals surface area contributed by atoms with E-state index in [1.165, 1.54) is 19.4 Å². The first kappa shape index (κ1) is 14.4. The molecule has 2 aromatic rings. The van der Waals surface area contributed by atoms with Crippen LogP contribution < -0.4 is 4.74 Å². The molecule has 0 radical (unpaired) electrons. The van der Waals surface area contributed by atoms with Crippen LogP contribution in [0.4, 0.5) is 5.69 Å². The zero-order chi connectivity index (χ0) is 15.4. The second-order valence-corrected chi connectivity index (χ2v) is 4.01. The summed E-state index contributed by atoms with van der Waals surface area (Å²) in [6.07, 6.45) is 1.41. The van der Waals surface area contributed by atoms with Crippen LogP contribution in [0.15, 0.2) is 30.5 Å². The van der Waals surface area contributed by atoms with Gasteiger partial charge in [-0.3, -0.25) is 15.1 Å². The van der Waals surface area contributed by atoms with Crippen molar-refractivity contribution in [3.63, 3.8) is 0 Å². The second-order valence-electron chi connectivity index (χ2n) is 4.01. The highest BCUT2D eigenvalue weighted by molar-refractivity contribution is 5.87. The largest absolute Gasteiger partial charge is 0.464 e. The van der Waals surface area contributed by atoms with E-state index in [0.29, 0.717) is 0 Å². The number of carbonyl (C=O) groups excluding carboxylic acids is 1. The van der Waals surface area contributed by atoms with Gasteiger partial charge in [0.2, 0.25) is 0 Å². The number of pyridine rings is 2. The summed E-state index contributed by atoms with van der Waals surface area (Å²) in [7, 11) is 1.19. The van der Waals surface area contributed by atoms with E-state index in [1.807, 2.05) is 0 Å². The molecule has 8 heteroatoms. The Morgan fingerprint density at radius 1 is 1.29 bits per heavy atom. The van der Waals surface area contributed by atoms with Crippen LogP contribution in [0.3, 0.4) is 0 Å². The van der Waals surface area contributed by atoms with Gasteiger partial charge in [-0.05, 0) is 25.1 Å². The Morgan fingerprint density at radius 2 is 2.05 bits per heavy atom. The fourth-order valence-electron chi connectivity index (χ4n) is 1.49. The molecule has 0 N–H and O–H groups in total. The third-order valence-electron chi connectivity index (χ3n) is 2.53. The highest BCUT2D eigenvalue weighted by Gasteiger charge is 2.21. The number of aryl methyl sites for hydroxylation is 1. The fraction of sp³-hybridized carbons (Fsp3) is 0.154. The molecule has 21 heavy (non-hydrogen) atoms. The van der Waals surface area contributed by atoms with Gasteiger partial charge >= 0.3 is 17.5 Å². The van der Waals surface area contributed by atoms with Gasteiger partial charge < -0.3 is 9.47 Å². The molecular weight excluding hydrogens is 278 g/mol. The number of ether oxygens (including phenoxy) is 2. The Bertz CT molecular complexity index is 685. The number of aromatic nitrogens is 2. The van der Waals surface area contributed by atoms with E-state index in [-0.39, 0.29) is 23.0 Å². The number of esters is 1. The number of carbonyl (C=O) groups is 1. The molecule has 0 bridgehead atoms. The Labute approximate surface area is 119 Å². The maximum atomic E-state index is 11.4. The molecule has 108 valence electrons. The lowest BCUT2D eigenvalue weighted by Crippen LogP contribution is -2.06. The summed E-state index contributed by atoms with van der Waals surface area (Å²) in [5.74, 6) is -0.733. The van der Waals surface area contributed by atoms with Gasteiger partial charge in [0.25, 0.3) is 0 Å². The lowest BCUT2D eigenvalue weighted by atomic mass is 10.3. The van der Waals surface area contributed by atoms with E-state index in [4.69, 9.17) is 4.74 Å². The van der Waals surface area contributed by atoms with Crippen molar-refractivity contribution in [2.75, 3.05) is 7.11 Å². The zero-order valence-electron chi connectivity index (χ0n) is 11.3. The van der Waals surface area contributed by atoms with Gasteiger partial charge in [-0.15, -0.1) is 0 Å². The fourth-order valence-corrected chi connectivity index (χ4v) is 1.49. The lowest BCUT2D eigenvalue weighted by molar-refractivity contribution is -0.386. The predicted molar refractivity (Wildman–Crippen MR) is 71.3 cm³/mol. The molecule has 0 aliphatic heterocycles. The summed E-state index contributed by atoms with van der Waals surface area (Å²) >= 11 is 0. The Morgan fingerprint density at radius 3 is 2.62 bits per heavy atom. The Kier molecular flexibility index (Phi) is 4.07. The van der Waals surface area contributed by atoms with Crippen LogP contribution in [0, 0.1) is 17.0 Å². The van der Waals surface area contributed by atoms with Crippen LogP contribution in [0.1, 0.15) is 16.2 Å². The van der Waals surface area contributed by atoms with Gasteiger partial charge in [0.1, 0.15) is 5.75 Å². The van der Waals surface area contributed by atoms with Crippen molar-refractivity contribution >= 4 is 11.7 Å². The number of methoxy groups -OCH3 is 1. The summed E-state index contributed by atoms with van der Waals surface area (Å²) in [6.45, 7) is 1.79. The third kappa shape index (κ3) is 3.30. The van der Waals surface area contributed by atoms with Crippen LogP contribution in [-0.4, -0.2) is 28.0 Å². The van der Waals surface area contributed by atoms with Crippen molar-refractivity contribution in [1.82, 2.24) is 9.97 Å². The van der Waals surface area contributed by atoms with E-state index in [1.54, 1.807) is 19.1 Å². The maximum Gasteiger partial charge on any atom is 0.356 e. The molecule has 0 aliphatic rings. The molecule has 0 spiro atoms. The standard InChI is InChI=1S/C13H11N3O5/c1-8-3-4-9(7-14-8)21-12-11(16(18)19)6-5-10(15-12)13(17)20-2/h3-7H,1-2H3. The molecule has 0 aromatic carbocycles. The molecule has 0 fully saturated rings. The smallest absolute Gasteiger partial charge is 0.356 e. The van der Waals surface area contributed by atoms with E-state index in [9.17, 15) is 14.9 Å². The topological polar surface area (TPSA) is 104 Å². The van der Waals surface area contributed by atoms with Gasteiger partial charge in [-0.2, -0.15) is 4.98 Å². The van der Waals surface area contributed by atoms with Crippen molar-refractivity contribution in [2.24, 2.45) is 0 Å². The van der Waals surface area contributed by atoms with Gasteiger partial charge in [0.05, 0.1) is 18.2 Å². The first-order chi connectivity index (χ1) is 10.0. The number of nitro groups is 1. The van der Waals surface area contributed by atoms with Crippen molar-refractivity contribution in [3.05, 3.63) is 52.0 Å². The average Bonchev–Trinajstić information content (AvgIpc) is 2.48. The van der Waals surface area contributed by atoms with Gasteiger partial charge in [0.15, 0.2) is 5.69 Å². The van der Waals surface area contributed by atoms with Gasteiger partial charge in [-0.1, -0.05) is 0 Å². The number of rotatable bonds is 4. The average molecular weight is 289 g/mol. The molecule has 8 nitrogen and oxygen atoms in total. The molecule has 2 rings (SSSR count). The minimum Gasteiger partial charge on any atom is -0.464 e. The van der Waals surface area contributed by atoms with Crippen LogP contribution >= 0.6 is 0 Å². The molecule has 0 aliphatic carbocycles. The second kappa shape index (κ2) is 5.95. The van der Waals surface area contributed by atoms with Crippen LogP contribution in [0.2, 0.25) is 0 Å². The summed E-state index contributed by atoms with van der Waals surface area (Å²) in [5, 5.41) is 11.0. The van der Waals surface area contributed by atoms with Gasteiger partial charge in [0, 0.05) is 11.8 Å². The van der Waals surface area contributed by atoms with Crippen molar-refractivity contribution in [1.29, 1.82) is 0 Å². The number of nitrogens with zero attached hydrogens (tertiary/aromatic N) is 3. The van der Waals surface area contributed by atoms with Crippen molar-refractivity contribution in [3.8, 4) is 11.6 Å². The molecular formula is C13H11N3O5. The minimum absolute atomic E-state index is 0.0850. The maximum absolute atomic E-state index is 11.4. The Balaban J connectivity index is 2.40. The quantitative estimate of drug-likeness (QED) is 0.483. The number of hydrogen-bond donors (Lipinski definition) is 0. The number of hydrogen-bond acceptors (Lipinski definition) is 7. The Hall–Kier alpha value is -3.03. The lowest BCUT2D eigenvalue weighted by Gasteiger charge is -2.06. The molecule has 0 amide bonds. The van der Waals surface area contributed by atoms with Crippen molar-refractivity contribution in [2.45, 2.75) is 6.92 Å². The molecule has 0 saturated carbocycles. The summed E-state index contributed by atoms with van der Waals surface area (Å²) in [5.41, 5.74) is 0.328. The van der Waals surface area contributed by atoms with E-state index in [0.717, 1.165) is 11.8 Å². The normalized spacial score (nSPS) is 10.0. The highest BCUT2D eigenvalue weighted by atomic mass is 16.6. The molecule has 0 atom stereocenters. The summed E-state index contributed by atoms with van der Waals surface area (Å²) in [4.78, 5) is 29.6. The highest BCUT2D eigenvalue weighted by Crippen LogP contribution is 2.29. The molecule has 2 aromatic heterocycles. The first-order valence-electron chi connectivity index (χ1n) is 5.85. The summed E-state index contributed by atoms with van der Waals surface area (Å²) in [6, 6.07) is 5.62. The van der Waals surface area contributed by atoms with Gasteiger partial charge in [-0.25, -0.2) is 4.79 Å². The minimum atomic E-state index is -0.711. The molecule has 0 unspecified atom stereocenters. The van der Waals surface area contributed by atoms with Crippen LogP contribution in [0.5, 0.6) is 11.6 Å². The SMILES string of the molecule is COC(=O)c1ccc([N+](=O)[O-])c(Oc2ccc(C)nc2)n1. The predicted octanol–water partition coefficient (Wildman–Crippen LogP) is 2.27.